The number of nitrogens with two attached hydrogens (primary N) is 2. The second-order valence-corrected chi connectivity index (χ2v) is 9.89. The van der Waals surface area contributed by atoms with Crippen LogP contribution >= 0.6 is 0 Å². The van der Waals surface area contributed by atoms with E-state index in [0.29, 0.717) is 41.9 Å². The van der Waals surface area contributed by atoms with E-state index in [1.165, 1.54) is 6.07 Å². The number of ether oxygens (including phenoxy) is 1. The summed E-state index contributed by atoms with van der Waals surface area (Å²) >= 11 is 0. The van der Waals surface area contributed by atoms with Crippen LogP contribution in [0, 0.1) is 5.82 Å². The molecule has 2 aromatic heterocycles. The van der Waals surface area contributed by atoms with Crippen molar-refractivity contribution in [3.63, 3.8) is 0 Å². The lowest BCUT2D eigenvalue weighted by molar-refractivity contribution is 0.307. The number of halogens is 1. The summed E-state index contributed by atoms with van der Waals surface area (Å²) in [4.78, 5) is 8.55. The minimum absolute atomic E-state index is 0.0535. The van der Waals surface area contributed by atoms with E-state index in [0.717, 1.165) is 23.2 Å². The fraction of sp³-hybridized carbons (Fsp3) is 0.333. The van der Waals surface area contributed by atoms with Crippen LogP contribution in [0.15, 0.2) is 59.0 Å². The van der Waals surface area contributed by atoms with Gasteiger partial charge in [-0.3, -0.25) is 4.99 Å². The molecule has 35 heavy (non-hydrogen) atoms. The van der Waals surface area contributed by atoms with Crippen LogP contribution in [0.4, 0.5) is 4.39 Å². The Labute approximate surface area is 204 Å². The first kappa shape index (κ1) is 26.3. The molecule has 0 aliphatic heterocycles. The molecule has 0 bridgehead atoms. The normalized spacial score (nSPS) is 13.2. The molecular formula is C24H31FN6O3S. The first-order chi connectivity index (χ1) is 16.6. The molecule has 0 aliphatic carbocycles. The van der Waals surface area contributed by atoms with Crippen LogP contribution in [0.25, 0.3) is 16.8 Å². The molecule has 0 amide bonds. The topological polar surface area (TPSA) is 137 Å². The third-order valence-corrected chi connectivity index (χ3v) is 6.21. The van der Waals surface area contributed by atoms with Gasteiger partial charge in [0, 0.05) is 60.5 Å². The maximum atomic E-state index is 14.9. The summed E-state index contributed by atoms with van der Waals surface area (Å²) in [7, 11) is -1.79. The number of hydrogen-bond donors (Lipinski definition) is 3. The van der Waals surface area contributed by atoms with E-state index >= 15 is 0 Å². The molecule has 0 atom stereocenters. The van der Waals surface area contributed by atoms with Crippen molar-refractivity contribution in [3.05, 3.63) is 65.5 Å². The predicted octanol–water partition coefficient (Wildman–Crippen LogP) is 2.26. The van der Waals surface area contributed by atoms with E-state index in [9.17, 15) is 12.8 Å². The van der Waals surface area contributed by atoms with Crippen LogP contribution in [0.5, 0.6) is 5.75 Å². The number of para-hydroxylation sites is 1. The third-order valence-electron chi connectivity index (χ3n) is 5.54. The highest BCUT2D eigenvalue weighted by Crippen LogP contribution is 2.33. The molecule has 0 aliphatic rings. The Balaban J connectivity index is 1.87. The largest absolute Gasteiger partial charge is 0.490 e. The van der Waals surface area contributed by atoms with Gasteiger partial charge in [-0.05, 0) is 37.2 Å². The van der Waals surface area contributed by atoms with Crippen molar-refractivity contribution in [1.29, 1.82) is 0 Å². The standard InChI is InChI=1S/C24H31FN6O3S/c1-16(28-2)19(22(27)14-30-35(3,32)33)10-12-34-24-20(5-4-6-21(24)25)17-7-8-23-29-13-18(9-11-26)31(23)15-17/h4-8,13,15,30H,9-12,14,26-27H2,1-3H3. The van der Waals surface area contributed by atoms with Crippen LogP contribution < -0.4 is 20.9 Å². The third kappa shape index (κ3) is 6.65. The molecular weight excluding hydrogens is 471 g/mol. The minimum Gasteiger partial charge on any atom is -0.490 e. The summed E-state index contributed by atoms with van der Waals surface area (Å²) in [6.45, 7) is 2.32. The second kappa shape index (κ2) is 11.4. The fourth-order valence-corrected chi connectivity index (χ4v) is 4.10. The molecule has 3 rings (SSSR count). The van der Waals surface area contributed by atoms with Crippen LogP contribution in [0.2, 0.25) is 0 Å². The molecule has 3 aromatic rings. The Kier molecular flexibility index (Phi) is 8.60. The van der Waals surface area contributed by atoms with Gasteiger partial charge in [0.1, 0.15) is 5.65 Å². The molecule has 0 unspecified atom stereocenters. The lowest BCUT2D eigenvalue weighted by Crippen LogP contribution is -2.28. The average molecular weight is 503 g/mol. The van der Waals surface area contributed by atoms with Crippen molar-refractivity contribution >= 4 is 21.4 Å². The van der Waals surface area contributed by atoms with Gasteiger partial charge in [0.2, 0.25) is 10.0 Å². The molecule has 0 radical (unpaired) electrons. The van der Waals surface area contributed by atoms with Crippen molar-refractivity contribution in [1.82, 2.24) is 14.1 Å². The molecule has 9 nitrogen and oxygen atoms in total. The highest BCUT2D eigenvalue weighted by Gasteiger charge is 2.15. The van der Waals surface area contributed by atoms with Crippen molar-refractivity contribution in [3.8, 4) is 16.9 Å². The number of rotatable bonds is 11. The summed E-state index contributed by atoms with van der Waals surface area (Å²) in [6, 6.07) is 8.49. The molecule has 11 heteroatoms. The lowest BCUT2D eigenvalue weighted by Gasteiger charge is -2.16. The molecule has 188 valence electrons. The van der Waals surface area contributed by atoms with Gasteiger partial charge in [-0.2, -0.15) is 0 Å². The van der Waals surface area contributed by atoms with Crippen molar-refractivity contribution < 1.29 is 17.5 Å². The Morgan fingerprint density at radius 1 is 1.29 bits per heavy atom. The summed E-state index contributed by atoms with van der Waals surface area (Å²) in [6.07, 6.45) is 5.71. The SMILES string of the molecule is CN=C(C)C(CCOc1c(F)cccc1-c1ccc2ncc(CCN)n2c1)=C(N)CNS(C)(=O)=O. The highest BCUT2D eigenvalue weighted by molar-refractivity contribution is 7.88. The number of fused-ring (bicyclic) bond motifs is 1. The van der Waals surface area contributed by atoms with Gasteiger partial charge in [-0.15, -0.1) is 0 Å². The van der Waals surface area contributed by atoms with E-state index in [1.807, 2.05) is 22.7 Å². The maximum Gasteiger partial charge on any atom is 0.209 e. The molecule has 5 N–H and O–H groups in total. The summed E-state index contributed by atoms with van der Waals surface area (Å²) in [5.74, 6) is -0.376. The van der Waals surface area contributed by atoms with E-state index in [2.05, 4.69) is 14.7 Å². The number of aromatic nitrogens is 2. The summed E-state index contributed by atoms with van der Waals surface area (Å²) in [5.41, 5.74) is 16.6. The summed E-state index contributed by atoms with van der Waals surface area (Å²) < 4.78 is 47.9. The smallest absolute Gasteiger partial charge is 0.209 e. The first-order valence-corrected chi connectivity index (χ1v) is 13.0. The number of nitrogens with zero attached hydrogens (tertiary/aromatic N) is 3. The fourth-order valence-electron chi connectivity index (χ4n) is 3.69. The van der Waals surface area contributed by atoms with Gasteiger partial charge in [0.25, 0.3) is 0 Å². The maximum absolute atomic E-state index is 14.9. The van der Waals surface area contributed by atoms with Crippen molar-refractivity contribution in [2.45, 2.75) is 19.8 Å². The molecule has 2 heterocycles. The molecule has 0 saturated heterocycles. The molecule has 0 fully saturated rings. The van der Waals surface area contributed by atoms with Crippen molar-refractivity contribution in [2.24, 2.45) is 16.5 Å². The van der Waals surface area contributed by atoms with E-state index in [4.69, 9.17) is 16.2 Å². The first-order valence-electron chi connectivity index (χ1n) is 11.1. The average Bonchev–Trinajstić information content (AvgIpc) is 3.22. The number of imidazole rings is 1. The van der Waals surface area contributed by atoms with Gasteiger partial charge in [0.05, 0.1) is 19.4 Å². The predicted molar refractivity (Wildman–Crippen MR) is 137 cm³/mol. The van der Waals surface area contributed by atoms with E-state index in [-0.39, 0.29) is 18.9 Å². The quantitative estimate of drug-likeness (QED) is 0.344. The van der Waals surface area contributed by atoms with E-state index in [1.54, 1.807) is 32.3 Å². The van der Waals surface area contributed by atoms with E-state index < -0.39 is 15.8 Å². The van der Waals surface area contributed by atoms with Crippen molar-refractivity contribution in [2.75, 3.05) is 33.0 Å². The Hall–Kier alpha value is -3.28. The lowest BCUT2D eigenvalue weighted by atomic mass is 10.0. The minimum atomic E-state index is -3.41. The second-order valence-electron chi connectivity index (χ2n) is 8.06. The Morgan fingerprint density at radius 2 is 2.06 bits per heavy atom. The number of aliphatic imine (C=N–C) groups is 1. The van der Waals surface area contributed by atoms with Gasteiger partial charge in [-0.25, -0.2) is 22.5 Å². The number of nitrogens with one attached hydrogen (secondary N) is 1. The van der Waals surface area contributed by atoms with Gasteiger partial charge in [-0.1, -0.05) is 12.1 Å². The molecule has 0 spiro atoms. The number of sulfonamides is 1. The Morgan fingerprint density at radius 3 is 2.74 bits per heavy atom. The number of benzene rings is 1. The molecule has 1 aromatic carbocycles. The van der Waals surface area contributed by atoms with Crippen LogP contribution in [-0.2, 0) is 16.4 Å². The zero-order valence-electron chi connectivity index (χ0n) is 20.1. The molecule has 0 saturated carbocycles. The van der Waals surface area contributed by atoms with Gasteiger partial charge < -0.3 is 20.6 Å². The zero-order valence-corrected chi connectivity index (χ0v) is 20.9. The zero-order chi connectivity index (χ0) is 25.6. The summed E-state index contributed by atoms with van der Waals surface area (Å²) in [5, 5.41) is 0. The van der Waals surface area contributed by atoms with Crippen LogP contribution in [-0.4, -0.2) is 56.5 Å². The Bertz CT molecular complexity index is 1360. The van der Waals surface area contributed by atoms with Gasteiger partial charge in [0.15, 0.2) is 11.6 Å². The van der Waals surface area contributed by atoms with Crippen LogP contribution in [0.3, 0.4) is 0 Å². The van der Waals surface area contributed by atoms with Crippen LogP contribution in [0.1, 0.15) is 19.0 Å². The number of pyridine rings is 1. The number of hydrogen-bond acceptors (Lipinski definition) is 7. The van der Waals surface area contributed by atoms with Gasteiger partial charge >= 0.3 is 0 Å². The monoisotopic (exact) mass is 502 g/mol. The highest BCUT2D eigenvalue weighted by atomic mass is 32.2.